The van der Waals surface area contributed by atoms with Crippen LogP contribution < -0.4 is 16.0 Å². The van der Waals surface area contributed by atoms with Gasteiger partial charge in [0, 0.05) is 38.2 Å². The van der Waals surface area contributed by atoms with Gasteiger partial charge in [-0.05, 0) is 54.7 Å². The summed E-state index contributed by atoms with van der Waals surface area (Å²) in [6, 6.07) is 14.5. The Balaban J connectivity index is 1.52. The van der Waals surface area contributed by atoms with E-state index >= 15 is 0 Å². The van der Waals surface area contributed by atoms with E-state index in [0.29, 0.717) is 12.1 Å². The molecule has 1 aliphatic rings. The zero-order chi connectivity index (χ0) is 20.7. The number of aliphatic imine (C=N–C) groups is 1. The van der Waals surface area contributed by atoms with Crippen LogP contribution in [0.1, 0.15) is 40.7 Å². The standard InChI is InChI=1S/C23H29FN4O/c1-25-21(29)18-6-3-5-17(15-18)11-14-27-22(26-2)28-16-23(12-4-13-23)19-7-9-20(24)10-8-19/h3,5-10,15H,4,11-14,16H2,1-2H3,(H,25,29)(H2,26,27,28). The maximum absolute atomic E-state index is 13.3. The summed E-state index contributed by atoms with van der Waals surface area (Å²) >= 11 is 0. The number of guanidine groups is 1. The largest absolute Gasteiger partial charge is 0.356 e. The molecule has 0 unspecified atom stereocenters. The lowest BCUT2D eigenvalue weighted by Gasteiger charge is -2.43. The molecule has 0 bridgehead atoms. The van der Waals surface area contributed by atoms with Gasteiger partial charge in [0.25, 0.3) is 5.91 Å². The first kappa shape index (κ1) is 20.8. The second-order valence-electron chi connectivity index (χ2n) is 7.52. The van der Waals surface area contributed by atoms with Crippen molar-refractivity contribution in [2.24, 2.45) is 4.99 Å². The average Bonchev–Trinajstić information content (AvgIpc) is 2.72. The second kappa shape index (κ2) is 9.54. The molecule has 1 saturated carbocycles. The molecule has 1 fully saturated rings. The summed E-state index contributed by atoms with van der Waals surface area (Å²) in [5.74, 6) is 0.471. The molecule has 0 aromatic heterocycles. The smallest absolute Gasteiger partial charge is 0.251 e. The molecule has 154 valence electrons. The van der Waals surface area contributed by atoms with Gasteiger partial charge in [-0.1, -0.05) is 30.7 Å². The molecule has 3 rings (SSSR count). The van der Waals surface area contributed by atoms with Gasteiger partial charge in [-0.15, -0.1) is 0 Å². The maximum Gasteiger partial charge on any atom is 0.251 e. The normalized spacial score (nSPS) is 15.3. The molecule has 0 aliphatic heterocycles. The van der Waals surface area contributed by atoms with Crippen LogP contribution in [0.5, 0.6) is 0 Å². The quantitative estimate of drug-likeness (QED) is 0.498. The third kappa shape index (κ3) is 5.13. The molecule has 0 atom stereocenters. The average molecular weight is 397 g/mol. The minimum Gasteiger partial charge on any atom is -0.356 e. The van der Waals surface area contributed by atoms with Crippen LogP contribution in [-0.2, 0) is 11.8 Å². The lowest BCUT2D eigenvalue weighted by molar-refractivity contribution is 0.0963. The van der Waals surface area contributed by atoms with E-state index in [-0.39, 0.29) is 17.1 Å². The van der Waals surface area contributed by atoms with E-state index in [1.165, 1.54) is 24.1 Å². The fourth-order valence-electron chi connectivity index (χ4n) is 3.79. The zero-order valence-electron chi connectivity index (χ0n) is 17.1. The molecular formula is C23H29FN4O. The van der Waals surface area contributed by atoms with E-state index in [4.69, 9.17) is 0 Å². The highest BCUT2D eigenvalue weighted by Gasteiger charge is 2.38. The zero-order valence-corrected chi connectivity index (χ0v) is 17.1. The van der Waals surface area contributed by atoms with Gasteiger partial charge >= 0.3 is 0 Å². The van der Waals surface area contributed by atoms with Gasteiger partial charge < -0.3 is 16.0 Å². The Morgan fingerprint density at radius 3 is 2.52 bits per heavy atom. The number of benzene rings is 2. The molecule has 1 aliphatic carbocycles. The van der Waals surface area contributed by atoms with E-state index in [2.05, 4.69) is 20.9 Å². The number of hydrogen-bond acceptors (Lipinski definition) is 2. The molecule has 2 aromatic carbocycles. The summed E-state index contributed by atoms with van der Waals surface area (Å²) < 4.78 is 13.3. The number of amides is 1. The molecule has 29 heavy (non-hydrogen) atoms. The number of rotatable bonds is 7. The van der Waals surface area contributed by atoms with E-state index < -0.39 is 0 Å². The first-order chi connectivity index (χ1) is 14.1. The fourth-order valence-corrected chi connectivity index (χ4v) is 3.79. The number of hydrogen-bond donors (Lipinski definition) is 3. The Kier molecular flexibility index (Phi) is 6.86. The topological polar surface area (TPSA) is 65.5 Å². The fraction of sp³-hybridized carbons (Fsp3) is 0.391. The predicted octanol–water partition coefficient (Wildman–Crippen LogP) is 3.01. The number of halogens is 1. The van der Waals surface area contributed by atoms with Crippen molar-refractivity contribution in [3.8, 4) is 0 Å². The molecular weight excluding hydrogens is 367 g/mol. The van der Waals surface area contributed by atoms with E-state index in [1.807, 2.05) is 36.4 Å². The number of carbonyl (C=O) groups is 1. The molecule has 6 heteroatoms. The summed E-state index contributed by atoms with van der Waals surface area (Å²) in [6.07, 6.45) is 4.16. The Hall–Kier alpha value is -2.89. The van der Waals surface area contributed by atoms with Crippen LogP contribution in [0.25, 0.3) is 0 Å². The van der Waals surface area contributed by atoms with Gasteiger partial charge in [0.2, 0.25) is 0 Å². The minimum atomic E-state index is -0.200. The van der Waals surface area contributed by atoms with Crippen LogP contribution in [0, 0.1) is 5.82 Å². The molecule has 0 saturated heterocycles. The molecule has 0 heterocycles. The van der Waals surface area contributed by atoms with Crippen LogP contribution in [0.2, 0.25) is 0 Å². The lowest BCUT2D eigenvalue weighted by Crippen LogP contribution is -2.49. The Labute approximate surface area is 171 Å². The van der Waals surface area contributed by atoms with Gasteiger partial charge in [0.05, 0.1) is 0 Å². The molecule has 1 amide bonds. The summed E-state index contributed by atoms with van der Waals surface area (Å²) in [4.78, 5) is 16.1. The van der Waals surface area contributed by atoms with Crippen molar-refractivity contribution in [3.63, 3.8) is 0 Å². The molecule has 0 spiro atoms. The van der Waals surface area contributed by atoms with Crippen molar-refractivity contribution < 1.29 is 9.18 Å². The van der Waals surface area contributed by atoms with Crippen LogP contribution >= 0.6 is 0 Å². The monoisotopic (exact) mass is 396 g/mol. The summed E-state index contributed by atoms with van der Waals surface area (Å²) in [5.41, 5.74) is 2.99. The van der Waals surface area contributed by atoms with E-state index in [9.17, 15) is 9.18 Å². The van der Waals surface area contributed by atoms with Crippen molar-refractivity contribution in [1.82, 2.24) is 16.0 Å². The van der Waals surface area contributed by atoms with E-state index in [1.54, 1.807) is 14.1 Å². The van der Waals surface area contributed by atoms with Crippen molar-refractivity contribution >= 4 is 11.9 Å². The third-order valence-corrected chi connectivity index (χ3v) is 5.71. The van der Waals surface area contributed by atoms with E-state index in [0.717, 1.165) is 37.3 Å². The van der Waals surface area contributed by atoms with Gasteiger partial charge in [-0.2, -0.15) is 0 Å². The number of nitrogens with zero attached hydrogens (tertiary/aromatic N) is 1. The van der Waals surface area contributed by atoms with Crippen LogP contribution in [0.4, 0.5) is 4.39 Å². The predicted molar refractivity (Wildman–Crippen MR) is 115 cm³/mol. The minimum absolute atomic E-state index is 0.0488. The van der Waals surface area contributed by atoms with Crippen LogP contribution in [0.15, 0.2) is 53.5 Å². The number of nitrogens with one attached hydrogen (secondary N) is 3. The molecule has 5 nitrogen and oxygen atoms in total. The molecule has 3 N–H and O–H groups in total. The van der Waals surface area contributed by atoms with Crippen molar-refractivity contribution in [1.29, 1.82) is 0 Å². The first-order valence-corrected chi connectivity index (χ1v) is 10.1. The lowest BCUT2D eigenvalue weighted by atomic mass is 9.64. The molecule has 0 radical (unpaired) electrons. The number of carbonyl (C=O) groups excluding carboxylic acids is 1. The maximum atomic E-state index is 13.3. The summed E-state index contributed by atoms with van der Waals surface area (Å²) in [6.45, 7) is 1.48. The van der Waals surface area contributed by atoms with Crippen molar-refractivity contribution in [3.05, 3.63) is 71.0 Å². The third-order valence-electron chi connectivity index (χ3n) is 5.71. The van der Waals surface area contributed by atoms with Crippen LogP contribution in [0.3, 0.4) is 0 Å². The SMILES string of the molecule is CN=C(NCCc1cccc(C(=O)NC)c1)NCC1(c2ccc(F)cc2)CCC1. The van der Waals surface area contributed by atoms with Crippen molar-refractivity contribution in [2.75, 3.05) is 27.2 Å². The Morgan fingerprint density at radius 2 is 1.90 bits per heavy atom. The highest BCUT2D eigenvalue weighted by atomic mass is 19.1. The van der Waals surface area contributed by atoms with Gasteiger partial charge in [0.15, 0.2) is 5.96 Å². The van der Waals surface area contributed by atoms with Gasteiger partial charge in [-0.25, -0.2) is 4.39 Å². The summed E-state index contributed by atoms with van der Waals surface area (Å²) in [7, 11) is 3.39. The first-order valence-electron chi connectivity index (χ1n) is 10.1. The summed E-state index contributed by atoms with van der Waals surface area (Å²) in [5, 5.41) is 9.42. The van der Waals surface area contributed by atoms with Crippen LogP contribution in [-0.4, -0.2) is 39.1 Å². The van der Waals surface area contributed by atoms with Crippen molar-refractivity contribution in [2.45, 2.75) is 31.1 Å². The Morgan fingerprint density at radius 1 is 1.14 bits per heavy atom. The second-order valence-corrected chi connectivity index (χ2v) is 7.52. The van der Waals surface area contributed by atoms with Gasteiger partial charge in [-0.3, -0.25) is 9.79 Å². The molecule has 2 aromatic rings. The highest BCUT2D eigenvalue weighted by molar-refractivity contribution is 5.94. The Bertz CT molecular complexity index is 859. The highest BCUT2D eigenvalue weighted by Crippen LogP contribution is 2.43. The van der Waals surface area contributed by atoms with Gasteiger partial charge in [0.1, 0.15) is 5.82 Å².